The SMILES string of the molecule is COC(=O)c1cccc2c1=CC1c3[nH]c4ccccc4c3CC[NH+]1C=2. The van der Waals surface area contributed by atoms with E-state index in [9.17, 15) is 4.79 Å². The van der Waals surface area contributed by atoms with Crippen molar-refractivity contribution in [2.75, 3.05) is 13.7 Å². The van der Waals surface area contributed by atoms with Gasteiger partial charge in [-0.05, 0) is 29.8 Å². The zero-order valence-corrected chi connectivity index (χ0v) is 14.0. The fraction of sp³-hybridized carbons (Fsp3) is 0.190. The molecule has 2 aromatic carbocycles. The molecule has 0 saturated heterocycles. The Hall–Kier alpha value is -2.85. The first kappa shape index (κ1) is 14.5. The Labute approximate surface area is 145 Å². The molecule has 0 fully saturated rings. The smallest absolute Gasteiger partial charge is 0.338 e. The minimum atomic E-state index is -0.280. The van der Waals surface area contributed by atoms with Crippen LogP contribution in [-0.2, 0) is 11.2 Å². The third kappa shape index (κ3) is 2.07. The van der Waals surface area contributed by atoms with E-state index in [0.29, 0.717) is 5.56 Å². The van der Waals surface area contributed by atoms with Gasteiger partial charge in [-0.3, -0.25) is 4.90 Å². The molecule has 3 heterocycles. The van der Waals surface area contributed by atoms with Crippen molar-refractivity contribution in [1.82, 2.24) is 4.98 Å². The fourth-order valence-electron chi connectivity index (χ4n) is 4.27. The molecule has 4 heteroatoms. The number of fused-ring (bicyclic) bond motifs is 6. The predicted molar refractivity (Wildman–Crippen MR) is 96.5 cm³/mol. The minimum Gasteiger partial charge on any atom is -0.465 e. The minimum absolute atomic E-state index is 0.203. The average Bonchev–Trinajstić information content (AvgIpc) is 3.04. The number of aromatic nitrogens is 1. The molecule has 0 saturated carbocycles. The number of ether oxygens (including phenoxy) is 1. The lowest BCUT2D eigenvalue weighted by molar-refractivity contribution is -0.844. The summed E-state index contributed by atoms with van der Waals surface area (Å²) in [7, 11) is 1.43. The van der Waals surface area contributed by atoms with Crippen LogP contribution in [0, 0.1) is 0 Å². The number of quaternary nitrogens is 1. The highest BCUT2D eigenvalue weighted by Gasteiger charge is 2.33. The van der Waals surface area contributed by atoms with E-state index in [-0.39, 0.29) is 12.0 Å². The molecule has 0 spiro atoms. The summed E-state index contributed by atoms with van der Waals surface area (Å²) in [5.74, 6) is -0.280. The van der Waals surface area contributed by atoms with Crippen molar-refractivity contribution in [2.24, 2.45) is 0 Å². The average molecular weight is 331 g/mol. The van der Waals surface area contributed by atoms with Gasteiger partial charge in [0.25, 0.3) is 0 Å². The van der Waals surface area contributed by atoms with Crippen molar-refractivity contribution in [2.45, 2.75) is 12.5 Å². The summed E-state index contributed by atoms with van der Waals surface area (Å²) in [5, 5.41) is 3.40. The monoisotopic (exact) mass is 331 g/mol. The zero-order chi connectivity index (χ0) is 17.0. The summed E-state index contributed by atoms with van der Waals surface area (Å²) in [6.07, 6.45) is 5.53. The van der Waals surface area contributed by atoms with Crippen LogP contribution < -0.4 is 15.3 Å². The second kappa shape index (κ2) is 5.33. The molecule has 0 bridgehead atoms. The van der Waals surface area contributed by atoms with E-state index < -0.39 is 0 Å². The van der Waals surface area contributed by atoms with E-state index in [0.717, 1.165) is 23.4 Å². The first-order valence-corrected chi connectivity index (χ1v) is 8.62. The summed E-state index contributed by atoms with van der Waals surface area (Å²) >= 11 is 0. The normalized spacial score (nSPS) is 20.7. The van der Waals surface area contributed by atoms with Gasteiger partial charge in [-0.25, -0.2) is 4.79 Å². The third-order valence-corrected chi connectivity index (χ3v) is 5.44. The topological polar surface area (TPSA) is 46.5 Å². The highest BCUT2D eigenvalue weighted by molar-refractivity contribution is 5.90. The van der Waals surface area contributed by atoms with Crippen LogP contribution in [-0.4, -0.2) is 24.6 Å². The number of hydrogen-bond donors (Lipinski definition) is 2. The molecular formula is C21H19N2O2+. The van der Waals surface area contributed by atoms with Gasteiger partial charge in [-0.15, -0.1) is 0 Å². The molecule has 2 unspecified atom stereocenters. The number of benzene rings is 2. The largest absolute Gasteiger partial charge is 0.465 e. The van der Waals surface area contributed by atoms with Gasteiger partial charge in [0.1, 0.15) is 6.20 Å². The number of para-hydroxylation sites is 1. The highest BCUT2D eigenvalue weighted by atomic mass is 16.5. The maximum atomic E-state index is 12.2. The van der Waals surface area contributed by atoms with Crippen LogP contribution in [0.4, 0.5) is 0 Å². The Kier molecular flexibility index (Phi) is 3.09. The van der Waals surface area contributed by atoms with Gasteiger partial charge in [-0.1, -0.05) is 24.3 Å². The molecule has 124 valence electrons. The molecule has 25 heavy (non-hydrogen) atoms. The standard InChI is InChI=1S/C21H18N2O2/c1-25-21(24)16-7-4-5-13-12-23-10-9-15-14-6-2-3-8-18(14)22-20(15)19(23)11-17(13)16/h2-8,11-12,19,22H,9-10H2,1H3/p+1. The lowest BCUT2D eigenvalue weighted by atomic mass is 9.94. The Bertz CT molecular complexity index is 1130. The van der Waals surface area contributed by atoms with Crippen molar-refractivity contribution in [3.8, 4) is 0 Å². The first-order valence-electron chi connectivity index (χ1n) is 8.62. The second-order valence-corrected chi connectivity index (χ2v) is 6.73. The van der Waals surface area contributed by atoms with Crippen LogP contribution in [0.15, 0.2) is 42.5 Å². The quantitative estimate of drug-likeness (QED) is 0.644. The lowest BCUT2D eigenvalue weighted by Gasteiger charge is -2.30. The van der Waals surface area contributed by atoms with E-state index in [4.69, 9.17) is 4.74 Å². The Morgan fingerprint density at radius 2 is 2.08 bits per heavy atom. The number of H-pyrrole nitrogens is 1. The van der Waals surface area contributed by atoms with Gasteiger partial charge in [-0.2, -0.15) is 0 Å². The molecule has 1 aromatic heterocycles. The summed E-state index contributed by atoms with van der Waals surface area (Å²) in [6, 6.07) is 14.5. The summed E-state index contributed by atoms with van der Waals surface area (Å²) in [4.78, 5) is 17.2. The summed E-state index contributed by atoms with van der Waals surface area (Å²) in [5.41, 5.74) is 4.50. The van der Waals surface area contributed by atoms with E-state index in [1.54, 1.807) is 0 Å². The molecule has 2 aliphatic heterocycles. The number of hydrogen-bond acceptors (Lipinski definition) is 2. The molecule has 3 aromatic rings. The fourth-order valence-corrected chi connectivity index (χ4v) is 4.27. The molecule has 2 atom stereocenters. The maximum Gasteiger partial charge on any atom is 0.338 e. The number of methoxy groups -OCH3 is 1. The van der Waals surface area contributed by atoms with Crippen molar-refractivity contribution < 1.29 is 14.4 Å². The van der Waals surface area contributed by atoms with Crippen molar-refractivity contribution in [1.29, 1.82) is 0 Å². The van der Waals surface area contributed by atoms with Gasteiger partial charge >= 0.3 is 5.97 Å². The molecule has 2 N–H and O–H groups in total. The molecule has 5 rings (SSSR count). The van der Waals surface area contributed by atoms with Gasteiger partial charge in [0.05, 0.1) is 24.9 Å². The van der Waals surface area contributed by atoms with Crippen molar-refractivity contribution >= 4 is 29.1 Å². The van der Waals surface area contributed by atoms with Gasteiger partial charge < -0.3 is 9.72 Å². The molecule has 2 aliphatic rings. The van der Waals surface area contributed by atoms with E-state index in [2.05, 4.69) is 47.6 Å². The van der Waals surface area contributed by atoms with Crippen LogP contribution in [0.25, 0.3) is 23.2 Å². The van der Waals surface area contributed by atoms with Crippen LogP contribution in [0.5, 0.6) is 0 Å². The van der Waals surface area contributed by atoms with Crippen LogP contribution in [0.2, 0.25) is 0 Å². The Balaban J connectivity index is 1.76. The predicted octanol–water partition coefficient (Wildman–Crippen LogP) is 0.669. The van der Waals surface area contributed by atoms with Gasteiger partial charge in [0.15, 0.2) is 6.04 Å². The number of carbonyl (C=O) groups excluding carboxylic acids is 1. The molecule has 0 aliphatic carbocycles. The lowest BCUT2D eigenvalue weighted by Crippen LogP contribution is -3.09. The van der Waals surface area contributed by atoms with Crippen molar-refractivity contribution in [3.05, 3.63) is 69.7 Å². The first-order chi connectivity index (χ1) is 12.3. The third-order valence-electron chi connectivity index (χ3n) is 5.44. The van der Waals surface area contributed by atoms with Crippen LogP contribution in [0.3, 0.4) is 0 Å². The summed E-state index contributed by atoms with van der Waals surface area (Å²) < 4.78 is 4.97. The van der Waals surface area contributed by atoms with Crippen LogP contribution >= 0.6 is 0 Å². The van der Waals surface area contributed by atoms with Crippen LogP contribution in [0.1, 0.15) is 27.7 Å². The van der Waals surface area contributed by atoms with E-state index in [1.165, 1.54) is 34.2 Å². The van der Waals surface area contributed by atoms with Gasteiger partial charge in [0.2, 0.25) is 0 Å². The molecule has 4 nitrogen and oxygen atoms in total. The maximum absolute atomic E-state index is 12.2. The number of esters is 1. The van der Waals surface area contributed by atoms with Gasteiger partial charge in [0, 0.05) is 27.8 Å². The Morgan fingerprint density at radius 3 is 2.96 bits per heavy atom. The van der Waals surface area contributed by atoms with E-state index >= 15 is 0 Å². The molecule has 0 amide bonds. The second-order valence-electron chi connectivity index (χ2n) is 6.73. The Morgan fingerprint density at radius 1 is 1.20 bits per heavy atom. The number of nitrogens with one attached hydrogen (secondary N) is 2. The number of rotatable bonds is 1. The number of aromatic amines is 1. The number of carbonyl (C=O) groups is 1. The summed E-state index contributed by atoms with van der Waals surface area (Å²) in [6.45, 7) is 1.05. The zero-order valence-electron chi connectivity index (χ0n) is 14.0. The highest BCUT2D eigenvalue weighted by Crippen LogP contribution is 2.29. The molecule has 0 radical (unpaired) electrons. The van der Waals surface area contributed by atoms with Crippen molar-refractivity contribution in [3.63, 3.8) is 0 Å². The van der Waals surface area contributed by atoms with E-state index in [1.807, 2.05) is 12.1 Å². The molecular weight excluding hydrogens is 312 g/mol.